The van der Waals surface area contributed by atoms with Crippen LogP contribution in [-0.4, -0.2) is 17.5 Å². The number of allylic oxidation sites excluding steroid dienone is 3. The topological polar surface area (TPSA) is 63.2 Å². The predicted molar refractivity (Wildman–Crippen MR) is 50.3 cm³/mol. The highest BCUT2D eigenvalue weighted by Crippen LogP contribution is 2.16. The van der Waals surface area contributed by atoms with Crippen LogP contribution < -0.4 is 5.32 Å². The van der Waals surface area contributed by atoms with Gasteiger partial charge < -0.3 is 5.32 Å². The van der Waals surface area contributed by atoms with Gasteiger partial charge in [-0.25, -0.2) is 0 Å². The van der Waals surface area contributed by atoms with Crippen molar-refractivity contribution in [2.45, 2.75) is 20.8 Å². The summed E-state index contributed by atoms with van der Waals surface area (Å²) in [5.74, 6) is -0.877. The normalized spacial score (nSPS) is 16.9. The molecule has 0 spiro atoms. The largest absolute Gasteiger partial charge is 0.323 e. The van der Waals surface area contributed by atoms with Crippen LogP contribution in [0.15, 0.2) is 22.9 Å². The van der Waals surface area contributed by atoms with E-state index in [1.54, 1.807) is 6.92 Å². The summed E-state index contributed by atoms with van der Waals surface area (Å²) in [5.41, 5.74) is 0.739. The van der Waals surface area contributed by atoms with Gasteiger partial charge in [0.15, 0.2) is 5.78 Å². The molecule has 0 aliphatic heterocycles. The van der Waals surface area contributed by atoms with Crippen molar-refractivity contribution in [1.82, 2.24) is 5.32 Å². The number of Topliss-reactive ketones (excluding diaryl/α,β-unsaturated/α-hetero) is 1. The van der Waals surface area contributed by atoms with E-state index < -0.39 is 0 Å². The van der Waals surface area contributed by atoms with Gasteiger partial charge in [0.2, 0.25) is 11.7 Å². The Morgan fingerprint density at radius 1 is 1.29 bits per heavy atom. The lowest BCUT2D eigenvalue weighted by atomic mass is 9.96. The maximum atomic E-state index is 11.5. The molecule has 0 unspecified atom stereocenters. The van der Waals surface area contributed by atoms with Gasteiger partial charge in [0.25, 0.3) is 0 Å². The fourth-order valence-corrected chi connectivity index (χ4v) is 1.19. The van der Waals surface area contributed by atoms with Crippen molar-refractivity contribution in [3.8, 4) is 0 Å². The second-order valence-electron chi connectivity index (χ2n) is 3.20. The molecule has 1 rings (SSSR count). The quantitative estimate of drug-likeness (QED) is 0.616. The van der Waals surface area contributed by atoms with Gasteiger partial charge in [-0.1, -0.05) is 0 Å². The number of hydrogen-bond acceptors (Lipinski definition) is 3. The molecule has 74 valence electrons. The molecule has 0 aromatic carbocycles. The third-order valence-electron chi connectivity index (χ3n) is 1.98. The maximum absolute atomic E-state index is 11.5. The van der Waals surface area contributed by atoms with Crippen molar-refractivity contribution in [1.29, 1.82) is 0 Å². The molecule has 1 N–H and O–H groups in total. The van der Waals surface area contributed by atoms with Crippen LogP contribution in [0, 0.1) is 0 Å². The first-order valence-corrected chi connectivity index (χ1v) is 4.19. The molecule has 1 amide bonds. The Hall–Kier alpha value is -1.71. The zero-order chi connectivity index (χ0) is 10.9. The van der Waals surface area contributed by atoms with Crippen LogP contribution >= 0.6 is 0 Å². The molecular weight excluding hydrogens is 182 g/mol. The van der Waals surface area contributed by atoms with Crippen molar-refractivity contribution in [3.63, 3.8) is 0 Å². The van der Waals surface area contributed by atoms with Crippen molar-refractivity contribution < 1.29 is 14.4 Å². The Bertz CT molecular complexity index is 388. The van der Waals surface area contributed by atoms with E-state index in [1.807, 2.05) is 0 Å². The number of rotatable bonds is 1. The minimum Gasteiger partial charge on any atom is -0.323 e. The molecule has 14 heavy (non-hydrogen) atoms. The van der Waals surface area contributed by atoms with Crippen molar-refractivity contribution in [2.24, 2.45) is 0 Å². The van der Waals surface area contributed by atoms with Gasteiger partial charge in [-0.2, -0.15) is 0 Å². The molecule has 4 nitrogen and oxygen atoms in total. The van der Waals surface area contributed by atoms with Crippen molar-refractivity contribution >= 4 is 17.5 Å². The minimum atomic E-state index is -0.352. The summed E-state index contributed by atoms with van der Waals surface area (Å²) in [5, 5.41) is 2.37. The Morgan fingerprint density at radius 2 is 1.86 bits per heavy atom. The summed E-state index contributed by atoms with van der Waals surface area (Å²) in [6, 6.07) is 0. The highest BCUT2D eigenvalue weighted by atomic mass is 16.2. The van der Waals surface area contributed by atoms with E-state index in [2.05, 4.69) is 5.32 Å². The van der Waals surface area contributed by atoms with Crippen LogP contribution in [0.1, 0.15) is 20.8 Å². The van der Waals surface area contributed by atoms with Crippen LogP contribution in [0.2, 0.25) is 0 Å². The van der Waals surface area contributed by atoms with Crippen LogP contribution in [0.25, 0.3) is 0 Å². The Kier molecular flexibility index (Phi) is 2.65. The number of amides is 1. The molecule has 0 bridgehead atoms. The van der Waals surface area contributed by atoms with E-state index in [9.17, 15) is 14.4 Å². The third-order valence-corrected chi connectivity index (χ3v) is 1.98. The molecule has 0 fully saturated rings. The lowest BCUT2D eigenvalue weighted by Gasteiger charge is -2.14. The number of nitrogens with one attached hydrogen (secondary N) is 1. The van der Waals surface area contributed by atoms with E-state index in [-0.39, 0.29) is 28.7 Å². The first-order valence-electron chi connectivity index (χ1n) is 4.19. The second-order valence-corrected chi connectivity index (χ2v) is 3.20. The average molecular weight is 193 g/mol. The van der Waals surface area contributed by atoms with Crippen LogP contribution in [0.3, 0.4) is 0 Å². The maximum Gasteiger partial charge on any atom is 0.221 e. The second kappa shape index (κ2) is 3.57. The van der Waals surface area contributed by atoms with Crippen LogP contribution in [0.5, 0.6) is 0 Å². The monoisotopic (exact) mass is 193 g/mol. The van der Waals surface area contributed by atoms with E-state index in [0.717, 1.165) is 0 Å². The molecule has 0 radical (unpaired) electrons. The summed E-state index contributed by atoms with van der Waals surface area (Å²) < 4.78 is 0. The lowest BCUT2D eigenvalue weighted by Crippen LogP contribution is -2.30. The van der Waals surface area contributed by atoms with E-state index in [1.165, 1.54) is 19.9 Å². The first-order chi connectivity index (χ1) is 6.43. The first kappa shape index (κ1) is 10.4. The lowest BCUT2D eigenvalue weighted by molar-refractivity contribution is -0.121. The standard InChI is InChI=1S/C10H11NO3/c1-5-4-8(13)6(2)9(10(5)14)11-7(3)12/h4H,1-3H3,(H,11,12). The van der Waals surface area contributed by atoms with Gasteiger partial charge >= 0.3 is 0 Å². The molecule has 0 saturated heterocycles. The van der Waals surface area contributed by atoms with E-state index >= 15 is 0 Å². The van der Waals surface area contributed by atoms with Gasteiger partial charge in [0.05, 0.1) is 5.70 Å². The molecular formula is C10H11NO3. The van der Waals surface area contributed by atoms with E-state index in [4.69, 9.17) is 0 Å². The number of hydrogen-bond donors (Lipinski definition) is 1. The smallest absolute Gasteiger partial charge is 0.221 e. The summed E-state index contributed by atoms with van der Waals surface area (Å²) in [6.07, 6.45) is 1.28. The fraction of sp³-hybridized carbons (Fsp3) is 0.300. The Balaban J connectivity index is 3.12. The average Bonchev–Trinajstić information content (AvgIpc) is 2.09. The van der Waals surface area contributed by atoms with Gasteiger partial charge in [0, 0.05) is 18.1 Å². The van der Waals surface area contributed by atoms with Crippen LogP contribution in [0.4, 0.5) is 0 Å². The van der Waals surface area contributed by atoms with Crippen molar-refractivity contribution in [3.05, 3.63) is 22.9 Å². The van der Waals surface area contributed by atoms with Gasteiger partial charge in [-0.05, 0) is 19.9 Å². The molecule has 1 aliphatic rings. The zero-order valence-electron chi connectivity index (χ0n) is 8.30. The molecule has 1 aliphatic carbocycles. The van der Waals surface area contributed by atoms with Gasteiger partial charge in [-0.15, -0.1) is 0 Å². The molecule has 0 aromatic heterocycles. The minimum absolute atomic E-state index is 0.0995. The Morgan fingerprint density at radius 3 is 2.36 bits per heavy atom. The SMILES string of the molecule is CC(=O)NC1=C(C)C(=O)C=C(C)C1=O. The number of carbonyl (C=O) groups excluding carboxylic acids is 3. The number of ketones is 2. The Labute approximate surface area is 81.7 Å². The van der Waals surface area contributed by atoms with Crippen molar-refractivity contribution in [2.75, 3.05) is 0 Å². The summed E-state index contributed by atoms with van der Waals surface area (Å²) in [6.45, 7) is 4.37. The molecule has 0 aromatic rings. The fourth-order valence-electron chi connectivity index (χ4n) is 1.19. The zero-order valence-corrected chi connectivity index (χ0v) is 8.30. The van der Waals surface area contributed by atoms with Gasteiger partial charge in [0.1, 0.15) is 0 Å². The highest BCUT2D eigenvalue weighted by molar-refractivity contribution is 6.22. The predicted octanol–water partition coefficient (Wildman–Crippen LogP) is 0.495. The van der Waals surface area contributed by atoms with Crippen LogP contribution in [-0.2, 0) is 14.4 Å². The van der Waals surface area contributed by atoms with Gasteiger partial charge in [-0.3, -0.25) is 14.4 Å². The third kappa shape index (κ3) is 1.79. The summed E-state index contributed by atoms with van der Waals surface area (Å²) >= 11 is 0. The summed E-state index contributed by atoms with van der Waals surface area (Å²) in [4.78, 5) is 33.6. The molecule has 0 atom stereocenters. The highest BCUT2D eigenvalue weighted by Gasteiger charge is 2.23. The molecule has 0 heterocycles. The van der Waals surface area contributed by atoms with E-state index in [0.29, 0.717) is 5.57 Å². The summed E-state index contributed by atoms with van der Waals surface area (Å²) in [7, 11) is 0. The molecule has 0 saturated carbocycles. The number of carbonyl (C=O) groups is 3. The molecule has 4 heteroatoms.